The van der Waals surface area contributed by atoms with E-state index in [2.05, 4.69) is 42.2 Å². The van der Waals surface area contributed by atoms with Crippen molar-refractivity contribution in [3.8, 4) is 22.8 Å². The number of amides is 1. The quantitative estimate of drug-likeness (QED) is 0.289. The number of methoxy groups -OCH3 is 2. The topological polar surface area (TPSA) is 54.9 Å². The van der Waals surface area contributed by atoms with E-state index in [0.717, 1.165) is 45.6 Å². The first-order chi connectivity index (χ1) is 17.4. The Balaban J connectivity index is 1.82. The zero-order valence-corrected chi connectivity index (χ0v) is 22.4. The Labute approximate surface area is 217 Å². The van der Waals surface area contributed by atoms with Crippen molar-refractivity contribution in [3.63, 3.8) is 0 Å². The van der Waals surface area contributed by atoms with Crippen molar-refractivity contribution < 1.29 is 14.3 Å². The first kappa shape index (κ1) is 25.7. The van der Waals surface area contributed by atoms with E-state index in [0.29, 0.717) is 25.3 Å². The molecule has 0 saturated carbocycles. The Bertz CT molecular complexity index is 1320. The van der Waals surface area contributed by atoms with Gasteiger partial charge in [0.25, 0.3) is 0 Å². The fraction of sp³-hybridized carbons (Fsp3) is 0.310. The molecule has 0 bridgehead atoms. The molecule has 0 aliphatic carbocycles. The summed E-state index contributed by atoms with van der Waals surface area (Å²) in [6.45, 7) is 3.91. The second-order valence-corrected chi connectivity index (χ2v) is 9.94. The number of thiophene rings is 1. The Morgan fingerprint density at radius 3 is 2.33 bits per heavy atom. The molecule has 2 aromatic heterocycles. The summed E-state index contributed by atoms with van der Waals surface area (Å²) in [7, 11) is 7.35. The van der Waals surface area contributed by atoms with Crippen molar-refractivity contribution in [3.05, 3.63) is 76.0 Å². The average molecular weight is 504 g/mol. The molecule has 36 heavy (non-hydrogen) atoms. The summed E-state index contributed by atoms with van der Waals surface area (Å²) in [6, 6.07) is 16.2. The zero-order chi connectivity index (χ0) is 25.7. The lowest BCUT2D eigenvalue weighted by atomic mass is 10.0. The molecule has 7 heteroatoms. The average Bonchev–Trinajstić information content (AvgIpc) is 3.38. The highest BCUT2D eigenvalue weighted by Gasteiger charge is 2.21. The van der Waals surface area contributed by atoms with Gasteiger partial charge in [0.15, 0.2) is 0 Å². The fourth-order valence-corrected chi connectivity index (χ4v) is 4.84. The largest absolute Gasteiger partial charge is 0.496 e. The molecule has 0 N–H and O–H groups in total. The van der Waals surface area contributed by atoms with Gasteiger partial charge in [0.05, 0.1) is 26.3 Å². The Morgan fingerprint density at radius 2 is 1.69 bits per heavy atom. The van der Waals surface area contributed by atoms with Gasteiger partial charge in [-0.05, 0) is 67.2 Å². The van der Waals surface area contributed by atoms with Gasteiger partial charge in [0, 0.05) is 30.6 Å². The molecule has 0 aliphatic rings. The second-order valence-electron chi connectivity index (χ2n) is 9.16. The third kappa shape index (κ3) is 5.86. The number of carbonyl (C=O) groups excluding carboxylic acids is 1. The number of hydrogen-bond acceptors (Lipinski definition) is 6. The summed E-state index contributed by atoms with van der Waals surface area (Å²) in [5.41, 5.74) is 5.77. The van der Waals surface area contributed by atoms with Crippen LogP contribution in [0.4, 0.5) is 0 Å². The molecular weight excluding hydrogens is 470 g/mol. The summed E-state index contributed by atoms with van der Waals surface area (Å²) in [5.74, 6) is 1.51. The number of likely N-dealkylation sites (N-methyl/N-ethyl adjacent to an activating group) is 1. The number of pyridine rings is 1. The fourth-order valence-electron chi connectivity index (χ4n) is 4.17. The van der Waals surface area contributed by atoms with Crippen LogP contribution in [0, 0.1) is 6.92 Å². The van der Waals surface area contributed by atoms with Crippen LogP contribution < -0.4 is 9.47 Å². The van der Waals surface area contributed by atoms with Crippen molar-refractivity contribution in [1.82, 2.24) is 14.8 Å². The molecular formula is C29H33N3O3S. The van der Waals surface area contributed by atoms with Crippen molar-refractivity contribution in [2.45, 2.75) is 19.9 Å². The molecule has 0 saturated heterocycles. The van der Waals surface area contributed by atoms with E-state index in [-0.39, 0.29) is 5.91 Å². The van der Waals surface area contributed by atoms with E-state index in [4.69, 9.17) is 14.5 Å². The molecule has 4 rings (SSSR count). The van der Waals surface area contributed by atoms with Crippen molar-refractivity contribution in [2.24, 2.45) is 0 Å². The summed E-state index contributed by atoms with van der Waals surface area (Å²) < 4.78 is 11.3. The van der Waals surface area contributed by atoms with Crippen LogP contribution in [0.1, 0.15) is 16.7 Å². The van der Waals surface area contributed by atoms with Gasteiger partial charge in [0.2, 0.25) is 5.91 Å². The SMILES string of the molecule is COc1ccc(OC)c2nc(-c3ccc(C)cc3)c(CN(CCN(C)C)C(=O)Cc3ccsc3)cc12. The number of ether oxygens (including phenoxy) is 2. The number of hydrogen-bond donors (Lipinski definition) is 0. The molecule has 0 aliphatic heterocycles. The molecule has 0 spiro atoms. The molecule has 0 radical (unpaired) electrons. The lowest BCUT2D eigenvalue weighted by molar-refractivity contribution is -0.131. The Hall–Kier alpha value is -3.42. The van der Waals surface area contributed by atoms with Crippen molar-refractivity contribution in [1.29, 1.82) is 0 Å². The van der Waals surface area contributed by atoms with Crippen LogP contribution in [-0.4, -0.2) is 62.1 Å². The lowest BCUT2D eigenvalue weighted by Crippen LogP contribution is -2.37. The van der Waals surface area contributed by atoms with E-state index in [1.54, 1.807) is 25.6 Å². The molecule has 6 nitrogen and oxygen atoms in total. The predicted octanol–water partition coefficient (Wildman–Crippen LogP) is 5.42. The molecule has 2 aromatic carbocycles. The number of rotatable bonds is 10. The summed E-state index contributed by atoms with van der Waals surface area (Å²) >= 11 is 1.61. The van der Waals surface area contributed by atoms with Crippen LogP contribution in [0.25, 0.3) is 22.2 Å². The first-order valence-electron chi connectivity index (χ1n) is 11.9. The van der Waals surface area contributed by atoms with E-state index in [1.165, 1.54) is 5.56 Å². The number of aryl methyl sites for hydroxylation is 1. The summed E-state index contributed by atoms with van der Waals surface area (Å²) in [6.07, 6.45) is 0.384. The van der Waals surface area contributed by atoms with E-state index < -0.39 is 0 Å². The van der Waals surface area contributed by atoms with Gasteiger partial charge < -0.3 is 19.3 Å². The number of carbonyl (C=O) groups is 1. The smallest absolute Gasteiger partial charge is 0.227 e. The van der Waals surface area contributed by atoms with Gasteiger partial charge in [-0.3, -0.25) is 4.79 Å². The number of benzene rings is 2. The van der Waals surface area contributed by atoms with Gasteiger partial charge in [0.1, 0.15) is 17.0 Å². The first-order valence-corrected chi connectivity index (χ1v) is 12.9. The van der Waals surface area contributed by atoms with Crippen LogP contribution >= 0.6 is 11.3 Å². The summed E-state index contributed by atoms with van der Waals surface area (Å²) in [5, 5.41) is 4.91. The molecule has 1 amide bonds. The minimum Gasteiger partial charge on any atom is -0.496 e. The lowest BCUT2D eigenvalue weighted by Gasteiger charge is -2.26. The van der Waals surface area contributed by atoms with Gasteiger partial charge in [-0.1, -0.05) is 29.8 Å². The normalized spacial score (nSPS) is 11.2. The maximum atomic E-state index is 13.5. The van der Waals surface area contributed by atoms with Crippen LogP contribution in [0.5, 0.6) is 11.5 Å². The third-order valence-corrected chi connectivity index (χ3v) is 6.95. The summed E-state index contributed by atoms with van der Waals surface area (Å²) in [4.78, 5) is 22.6. The van der Waals surface area contributed by atoms with Crippen LogP contribution in [0.2, 0.25) is 0 Å². The van der Waals surface area contributed by atoms with Crippen LogP contribution in [0.15, 0.2) is 59.3 Å². The molecule has 188 valence electrons. The number of nitrogens with zero attached hydrogens (tertiary/aromatic N) is 3. The Morgan fingerprint density at radius 1 is 0.972 bits per heavy atom. The maximum Gasteiger partial charge on any atom is 0.227 e. The van der Waals surface area contributed by atoms with Gasteiger partial charge >= 0.3 is 0 Å². The molecule has 2 heterocycles. The standard InChI is InChI=1S/C29H33N3O3S/c1-20-6-8-22(9-7-20)28-23(17-24-25(34-4)10-11-26(35-5)29(24)30-28)18-32(14-13-31(2)3)27(33)16-21-12-15-36-19-21/h6-12,15,17,19H,13-14,16,18H2,1-5H3. The van der Waals surface area contributed by atoms with Crippen LogP contribution in [0.3, 0.4) is 0 Å². The highest BCUT2D eigenvalue weighted by atomic mass is 32.1. The number of fused-ring (bicyclic) bond motifs is 1. The molecule has 0 fully saturated rings. The highest BCUT2D eigenvalue weighted by molar-refractivity contribution is 7.08. The number of aromatic nitrogens is 1. The van der Waals surface area contributed by atoms with Gasteiger partial charge in [-0.2, -0.15) is 11.3 Å². The van der Waals surface area contributed by atoms with E-state index in [1.807, 2.05) is 48.0 Å². The molecule has 0 unspecified atom stereocenters. The van der Waals surface area contributed by atoms with Crippen molar-refractivity contribution >= 4 is 28.1 Å². The van der Waals surface area contributed by atoms with Gasteiger partial charge in [-0.15, -0.1) is 0 Å². The maximum absolute atomic E-state index is 13.5. The molecule has 0 atom stereocenters. The molecule has 4 aromatic rings. The highest BCUT2D eigenvalue weighted by Crippen LogP contribution is 2.36. The third-order valence-electron chi connectivity index (χ3n) is 6.22. The predicted molar refractivity (Wildman–Crippen MR) is 147 cm³/mol. The minimum absolute atomic E-state index is 0.0998. The Kier molecular flexibility index (Phi) is 8.23. The van der Waals surface area contributed by atoms with Crippen molar-refractivity contribution in [2.75, 3.05) is 41.4 Å². The van der Waals surface area contributed by atoms with Gasteiger partial charge in [-0.25, -0.2) is 4.98 Å². The monoisotopic (exact) mass is 503 g/mol. The minimum atomic E-state index is 0.0998. The van der Waals surface area contributed by atoms with E-state index >= 15 is 0 Å². The van der Waals surface area contributed by atoms with Crippen LogP contribution in [-0.2, 0) is 17.8 Å². The van der Waals surface area contributed by atoms with E-state index in [9.17, 15) is 4.79 Å². The second kappa shape index (κ2) is 11.5. The zero-order valence-electron chi connectivity index (χ0n) is 21.6.